The second kappa shape index (κ2) is 7.41. The van der Waals surface area contributed by atoms with Crippen molar-refractivity contribution in [2.24, 2.45) is 10.9 Å². The zero-order valence-electron chi connectivity index (χ0n) is 13.5. The number of halogens is 3. The van der Waals surface area contributed by atoms with Crippen LogP contribution in [0.2, 0.25) is 0 Å². The third kappa shape index (κ3) is 6.35. The van der Waals surface area contributed by atoms with Crippen LogP contribution in [-0.4, -0.2) is 28.8 Å². The van der Waals surface area contributed by atoms with Gasteiger partial charge in [0, 0.05) is 6.42 Å². The molecule has 0 saturated heterocycles. The molecule has 9 heteroatoms. The molecule has 1 amide bonds. The van der Waals surface area contributed by atoms with Crippen LogP contribution in [0, 0.1) is 0 Å². The quantitative estimate of drug-likeness (QED) is 0.338. The summed E-state index contributed by atoms with van der Waals surface area (Å²) in [7, 11) is 0. The number of benzene rings is 1. The van der Waals surface area contributed by atoms with Crippen molar-refractivity contribution in [3.63, 3.8) is 0 Å². The molecule has 24 heavy (non-hydrogen) atoms. The lowest BCUT2D eigenvalue weighted by molar-refractivity contribution is -0.137. The lowest BCUT2D eigenvalue weighted by Gasteiger charge is -2.23. The van der Waals surface area contributed by atoms with E-state index >= 15 is 0 Å². The summed E-state index contributed by atoms with van der Waals surface area (Å²) in [5, 5.41) is 14.1. The predicted molar refractivity (Wildman–Crippen MR) is 81.7 cm³/mol. The number of nitrogens with two attached hydrogens (primary N) is 1. The Labute approximate surface area is 137 Å². The number of amides is 1. The Morgan fingerprint density at radius 1 is 1.29 bits per heavy atom. The van der Waals surface area contributed by atoms with Gasteiger partial charge in [0.05, 0.1) is 11.6 Å². The lowest BCUT2D eigenvalue weighted by Crippen LogP contribution is -2.47. The van der Waals surface area contributed by atoms with Gasteiger partial charge in [-0.1, -0.05) is 17.3 Å². The fraction of sp³-hybridized carbons (Fsp3) is 0.467. The molecule has 1 aromatic carbocycles. The summed E-state index contributed by atoms with van der Waals surface area (Å²) in [4.78, 5) is 11.8. The number of ether oxygens (including phenoxy) is 1. The van der Waals surface area contributed by atoms with Gasteiger partial charge in [-0.25, -0.2) is 4.79 Å². The molecule has 134 valence electrons. The average molecular weight is 347 g/mol. The van der Waals surface area contributed by atoms with Gasteiger partial charge in [-0.2, -0.15) is 13.2 Å². The minimum Gasteiger partial charge on any atom is -0.444 e. The first-order valence-corrected chi connectivity index (χ1v) is 7.05. The van der Waals surface area contributed by atoms with Crippen molar-refractivity contribution in [1.82, 2.24) is 5.32 Å². The Bertz CT molecular complexity index is 593. The van der Waals surface area contributed by atoms with Crippen LogP contribution >= 0.6 is 0 Å². The molecule has 1 rings (SSSR count). The van der Waals surface area contributed by atoms with Crippen LogP contribution in [0.5, 0.6) is 0 Å². The van der Waals surface area contributed by atoms with Gasteiger partial charge in [0.15, 0.2) is 5.84 Å². The van der Waals surface area contributed by atoms with Gasteiger partial charge in [-0.15, -0.1) is 0 Å². The molecule has 0 heterocycles. The maximum Gasteiger partial charge on any atom is 0.416 e. The maximum atomic E-state index is 12.5. The smallest absolute Gasteiger partial charge is 0.416 e. The number of carbonyl (C=O) groups is 1. The van der Waals surface area contributed by atoms with Gasteiger partial charge in [-0.05, 0) is 38.5 Å². The van der Waals surface area contributed by atoms with E-state index in [1.54, 1.807) is 20.8 Å². The first-order chi connectivity index (χ1) is 10.9. The fourth-order valence-corrected chi connectivity index (χ4v) is 1.81. The minimum absolute atomic E-state index is 0.0350. The number of nitrogens with zero attached hydrogens (tertiary/aromatic N) is 1. The van der Waals surface area contributed by atoms with E-state index in [-0.39, 0.29) is 12.3 Å². The number of rotatable bonds is 4. The molecule has 0 radical (unpaired) electrons. The Hall–Kier alpha value is -2.45. The Kier molecular flexibility index (Phi) is 6.05. The number of oxime groups is 1. The summed E-state index contributed by atoms with van der Waals surface area (Å²) >= 11 is 0. The highest BCUT2D eigenvalue weighted by Crippen LogP contribution is 2.29. The van der Waals surface area contributed by atoms with E-state index < -0.39 is 29.5 Å². The van der Waals surface area contributed by atoms with E-state index in [1.165, 1.54) is 12.1 Å². The second-order valence-corrected chi connectivity index (χ2v) is 6.12. The van der Waals surface area contributed by atoms with E-state index in [1.807, 2.05) is 0 Å². The van der Waals surface area contributed by atoms with Crippen LogP contribution in [0.15, 0.2) is 29.4 Å². The summed E-state index contributed by atoms with van der Waals surface area (Å²) in [6, 6.07) is 3.44. The number of hydrogen-bond donors (Lipinski definition) is 3. The molecule has 0 spiro atoms. The van der Waals surface area contributed by atoms with Crippen molar-refractivity contribution in [2.75, 3.05) is 0 Å². The van der Waals surface area contributed by atoms with Crippen LogP contribution < -0.4 is 11.1 Å². The number of alkyl carbamates (subject to hydrolysis) is 1. The highest BCUT2D eigenvalue weighted by atomic mass is 19.4. The van der Waals surface area contributed by atoms with Crippen LogP contribution in [0.4, 0.5) is 18.0 Å². The van der Waals surface area contributed by atoms with Gasteiger partial charge in [-0.3, -0.25) is 0 Å². The lowest BCUT2D eigenvalue weighted by atomic mass is 10.0. The van der Waals surface area contributed by atoms with Crippen LogP contribution in [0.3, 0.4) is 0 Å². The van der Waals surface area contributed by atoms with Gasteiger partial charge >= 0.3 is 12.3 Å². The summed E-state index contributed by atoms with van der Waals surface area (Å²) < 4.78 is 42.7. The standard InChI is InChI=1S/C15H20F3N3O3/c1-14(2,3)24-13(22)20-11(12(19)21-23)8-9-4-6-10(7-5-9)15(16,17)18/h4-7,11,23H,8H2,1-3H3,(H2,19,21)(H,20,22)/t11-/m0/s1. The molecule has 0 unspecified atom stereocenters. The van der Waals surface area contributed by atoms with Crippen LogP contribution in [0.25, 0.3) is 0 Å². The van der Waals surface area contributed by atoms with Crippen molar-refractivity contribution in [1.29, 1.82) is 0 Å². The van der Waals surface area contributed by atoms with Gasteiger partial charge in [0.25, 0.3) is 0 Å². The number of nitrogens with one attached hydrogen (secondary N) is 1. The molecule has 0 aliphatic heterocycles. The summed E-state index contributed by atoms with van der Waals surface area (Å²) in [5.41, 5.74) is 4.47. The monoisotopic (exact) mass is 347 g/mol. The van der Waals surface area contributed by atoms with E-state index in [2.05, 4.69) is 10.5 Å². The molecule has 6 nitrogen and oxygen atoms in total. The molecule has 0 fully saturated rings. The highest BCUT2D eigenvalue weighted by molar-refractivity contribution is 5.88. The van der Waals surface area contributed by atoms with E-state index in [9.17, 15) is 18.0 Å². The molecule has 0 bridgehead atoms. The second-order valence-electron chi connectivity index (χ2n) is 6.12. The number of carbonyl (C=O) groups excluding carboxylic acids is 1. The SMILES string of the molecule is CC(C)(C)OC(=O)N[C@@H](Cc1ccc(C(F)(F)F)cc1)/C(N)=N/O. The van der Waals surface area contributed by atoms with Gasteiger partial charge in [0.1, 0.15) is 5.60 Å². The molecular formula is C15H20F3N3O3. The predicted octanol–water partition coefficient (Wildman–Crippen LogP) is 2.89. The normalized spacial score (nSPS) is 14.2. The zero-order chi connectivity index (χ0) is 18.5. The maximum absolute atomic E-state index is 12.5. The number of amidine groups is 1. The Morgan fingerprint density at radius 2 is 1.83 bits per heavy atom. The molecule has 0 aliphatic rings. The molecule has 0 aliphatic carbocycles. The molecule has 4 N–H and O–H groups in total. The Morgan fingerprint density at radius 3 is 2.25 bits per heavy atom. The van der Waals surface area contributed by atoms with E-state index in [0.29, 0.717) is 5.56 Å². The third-order valence-corrected chi connectivity index (χ3v) is 2.88. The molecule has 0 saturated carbocycles. The zero-order valence-corrected chi connectivity index (χ0v) is 13.5. The summed E-state index contributed by atoms with van der Waals surface area (Å²) in [6.45, 7) is 5.00. The van der Waals surface area contributed by atoms with Crippen molar-refractivity contribution < 1.29 is 27.9 Å². The minimum atomic E-state index is -4.43. The van der Waals surface area contributed by atoms with Crippen molar-refractivity contribution in [3.05, 3.63) is 35.4 Å². The van der Waals surface area contributed by atoms with E-state index in [4.69, 9.17) is 15.7 Å². The number of hydrogen-bond acceptors (Lipinski definition) is 4. The molecule has 0 aromatic heterocycles. The average Bonchev–Trinajstić information content (AvgIpc) is 2.43. The highest BCUT2D eigenvalue weighted by Gasteiger charge is 2.30. The van der Waals surface area contributed by atoms with Crippen molar-refractivity contribution in [2.45, 2.75) is 45.0 Å². The van der Waals surface area contributed by atoms with Crippen LogP contribution in [0.1, 0.15) is 31.9 Å². The van der Waals surface area contributed by atoms with Gasteiger partial charge < -0.3 is 21.0 Å². The van der Waals surface area contributed by atoms with Crippen LogP contribution in [-0.2, 0) is 17.3 Å². The first-order valence-electron chi connectivity index (χ1n) is 7.05. The molecule has 1 atom stereocenters. The topological polar surface area (TPSA) is 96.9 Å². The van der Waals surface area contributed by atoms with E-state index in [0.717, 1.165) is 12.1 Å². The van der Waals surface area contributed by atoms with Gasteiger partial charge in [0.2, 0.25) is 0 Å². The fourth-order valence-electron chi connectivity index (χ4n) is 1.81. The van der Waals surface area contributed by atoms with Crippen molar-refractivity contribution >= 4 is 11.9 Å². The van der Waals surface area contributed by atoms with Crippen molar-refractivity contribution in [3.8, 4) is 0 Å². The summed E-state index contributed by atoms with van der Waals surface area (Å²) in [5.74, 6) is -0.291. The largest absolute Gasteiger partial charge is 0.444 e. The molecule has 1 aromatic rings. The Balaban J connectivity index is 2.85. The number of alkyl halides is 3. The first kappa shape index (κ1) is 19.6. The molecular weight excluding hydrogens is 327 g/mol. The summed E-state index contributed by atoms with van der Waals surface area (Å²) in [6.07, 6.45) is -5.18. The third-order valence-electron chi connectivity index (χ3n) is 2.88.